The van der Waals surface area contributed by atoms with Crippen LogP contribution in [0.15, 0.2) is 24.3 Å². The Kier molecular flexibility index (Phi) is 6.32. The first kappa shape index (κ1) is 15.5. The van der Waals surface area contributed by atoms with Crippen LogP contribution >= 0.6 is 0 Å². The van der Waals surface area contributed by atoms with Crippen LogP contribution in [0.1, 0.15) is 24.9 Å². The Balaban J connectivity index is 2.58. The molecule has 3 N–H and O–H groups in total. The van der Waals surface area contributed by atoms with Crippen molar-refractivity contribution in [2.45, 2.75) is 25.4 Å². The van der Waals surface area contributed by atoms with Gasteiger partial charge in [0.05, 0.1) is 19.2 Å². The molecule has 0 heterocycles. The number of benzene rings is 1. The number of nitrogens with one attached hydrogen (secondary N) is 1. The molecule has 106 valence electrons. The average Bonchev–Trinajstić information content (AvgIpc) is 2.44. The third-order valence-electron chi connectivity index (χ3n) is 2.92. The van der Waals surface area contributed by atoms with Gasteiger partial charge in [0.2, 0.25) is 5.91 Å². The van der Waals surface area contributed by atoms with E-state index in [1.54, 1.807) is 14.2 Å². The predicted molar refractivity (Wildman–Crippen MR) is 74.0 cm³/mol. The highest BCUT2D eigenvalue weighted by Crippen LogP contribution is 2.18. The summed E-state index contributed by atoms with van der Waals surface area (Å²) in [6.45, 7) is 2.39. The second-order valence-corrected chi connectivity index (χ2v) is 4.39. The molecule has 0 fully saturated rings. The predicted octanol–water partition coefficient (Wildman–Crippen LogP) is 1.24. The molecule has 1 aromatic rings. The van der Waals surface area contributed by atoms with Crippen LogP contribution in [0, 0.1) is 0 Å². The highest BCUT2D eigenvalue weighted by Gasteiger charge is 2.16. The maximum absolute atomic E-state index is 11.9. The lowest BCUT2D eigenvalue weighted by Crippen LogP contribution is -2.42. The summed E-state index contributed by atoms with van der Waals surface area (Å²) < 4.78 is 10.1. The number of hydrogen-bond acceptors (Lipinski definition) is 4. The lowest BCUT2D eigenvalue weighted by atomic mass is 10.1. The molecule has 0 aromatic heterocycles. The molecule has 0 radical (unpaired) electrons. The van der Waals surface area contributed by atoms with Crippen LogP contribution in [0.25, 0.3) is 0 Å². The SMILES string of the molecule is COCCC(N)C(=O)N[C@H](C)c1cccc(OC)c1. The van der Waals surface area contributed by atoms with E-state index < -0.39 is 6.04 Å². The number of amides is 1. The zero-order valence-electron chi connectivity index (χ0n) is 11.7. The minimum absolute atomic E-state index is 0.115. The Morgan fingerprint density at radius 1 is 1.42 bits per heavy atom. The molecule has 0 aliphatic rings. The number of carbonyl (C=O) groups is 1. The van der Waals surface area contributed by atoms with Crippen molar-refractivity contribution in [1.82, 2.24) is 5.32 Å². The Hall–Kier alpha value is -1.59. The van der Waals surface area contributed by atoms with Crippen LogP contribution in [0.5, 0.6) is 5.75 Å². The van der Waals surface area contributed by atoms with Gasteiger partial charge in [-0.3, -0.25) is 4.79 Å². The molecular weight excluding hydrogens is 244 g/mol. The fourth-order valence-electron chi connectivity index (χ4n) is 1.69. The lowest BCUT2D eigenvalue weighted by molar-refractivity contribution is -0.123. The van der Waals surface area contributed by atoms with E-state index in [2.05, 4.69) is 5.32 Å². The van der Waals surface area contributed by atoms with Gasteiger partial charge in [0.25, 0.3) is 0 Å². The van der Waals surface area contributed by atoms with E-state index in [9.17, 15) is 4.79 Å². The van der Waals surface area contributed by atoms with Crippen LogP contribution in [0.2, 0.25) is 0 Å². The van der Waals surface area contributed by atoms with Crippen molar-refractivity contribution in [2.24, 2.45) is 5.73 Å². The molecule has 5 heteroatoms. The van der Waals surface area contributed by atoms with Gasteiger partial charge in [-0.25, -0.2) is 0 Å². The third-order valence-corrected chi connectivity index (χ3v) is 2.92. The van der Waals surface area contributed by atoms with Gasteiger partial charge in [-0.2, -0.15) is 0 Å². The molecular formula is C14H22N2O3. The quantitative estimate of drug-likeness (QED) is 0.778. The Labute approximate surface area is 114 Å². The standard InChI is InChI=1S/C14H22N2O3/c1-10(11-5-4-6-12(9-11)19-3)16-14(17)13(15)7-8-18-2/h4-6,9-10,13H,7-8,15H2,1-3H3,(H,16,17)/t10-,13?/m1/s1. The topological polar surface area (TPSA) is 73.6 Å². The van der Waals surface area contributed by atoms with Crippen molar-refractivity contribution in [3.63, 3.8) is 0 Å². The van der Waals surface area contributed by atoms with Crippen molar-refractivity contribution >= 4 is 5.91 Å². The second-order valence-electron chi connectivity index (χ2n) is 4.39. The van der Waals surface area contributed by atoms with E-state index in [0.717, 1.165) is 11.3 Å². The van der Waals surface area contributed by atoms with Gasteiger partial charge in [-0.15, -0.1) is 0 Å². The molecule has 5 nitrogen and oxygen atoms in total. The van der Waals surface area contributed by atoms with Crippen molar-refractivity contribution in [2.75, 3.05) is 20.8 Å². The molecule has 2 atom stereocenters. The van der Waals surface area contributed by atoms with Gasteiger partial charge >= 0.3 is 0 Å². The minimum atomic E-state index is -0.548. The molecule has 19 heavy (non-hydrogen) atoms. The zero-order chi connectivity index (χ0) is 14.3. The van der Waals surface area contributed by atoms with Gasteiger partial charge < -0.3 is 20.5 Å². The van der Waals surface area contributed by atoms with E-state index in [0.29, 0.717) is 13.0 Å². The monoisotopic (exact) mass is 266 g/mol. The number of nitrogens with two attached hydrogens (primary N) is 1. The number of ether oxygens (including phenoxy) is 2. The molecule has 1 aromatic carbocycles. The normalized spacial score (nSPS) is 13.7. The van der Waals surface area contributed by atoms with Crippen molar-refractivity contribution in [3.05, 3.63) is 29.8 Å². The first-order chi connectivity index (χ1) is 9.08. The third kappa shape index (κ3) is 4.89. The van der Waals surface area contributed by atoms with Crippen molar-refractivity contribution < 1.29 is 14.3 Å². The van der Waals surface area contributed by atoms with E-state index in [-0.39, 0.29) is 11.9 Å². The molecule has 1 amide bonds. The summed E-state index contributed by atoms with van der Waals surface area (Å²) >= 11 is 0. The summed E-state index contributed by atoms with van der Waals surface area (Å²) in [5.41, 5.74) is 6.75. The maximum atomic E-state index is 11.9. The highest BCUT2D eigenvalue weighted by atomic mass is 16.5. The Morgan fingerprint density at radius 3 is 2.79 bits per heavy atom. The number of carbonyl (C=O) groups excluding carboxylic acids is 1. The van der Waals surface area contributed by atoms with Gasteiger partial charge in [-0.1, -0.05) is 12.1 Å². The molecule has 0 aliphatic heterocycles. The zero-order valence-corrected chi connectivity index (χ0v) is 11.7. The van der Waals surface area contributed by atoms with E-state index in [1.807, 2.05) is 31.2 Å². The van der Waals surface area contributed by atoms with Gasteiger partial charge in [0.1, 0.15) is 5.75 Å². The summed E-state index contributed by atoms with van der Waals surface area (Å²) in [5.74, 6) is 0.592. The minimum Gasteiger partial charge on any atom is -0.497 e. The molecule has 0 saturated heterocycles. The van der Waals surface area contributed by atoms with E-state index in [4.69, 9.17) is 15.2 Å². The van der Waals surface area contributed by atoms with Crippen LogP contribution in [0.3, 0.4) is 0 Å². The fraction of sp³-hybridized carbons (Fsp3) is 0.500. The first-order valence-corrected chi connectivity index (χ1v) is 6.27. The Bertz CT molecular complexity index is 409. The van der Waals surface area contributed by atoms with Crippen molar-refractivity contribution in [3.8, 4) is 5.75 Å². The molecule has 0 saturated carbocycles. The molecule has 0 bridgehead atoms. The summed E-state index contributed by atoms with van der Waals surface area (Å²) in [5, 5.41) is 2.88. The lowest BCUT2D eigenvalue weighted by Gasteiger charge is -2.18. The molecule has 1 unspecified atom stereocenters. The second kappa shape index (κ2) is 7.76. The first-order valence-electron chi connectivity index (χ1n) is 6.27. The Morgan fingerprint density at radius 2 is 2.16 bits per heavy atom. The number of hydrogen-bond donors (Lipinski definition) is 2. The van der Waals surface area contributed by atoms with Crippen LogP contribution < -0.4 is 15.8 Å². The maximum Gasteiger partial charge on any atom is 0.237 e. The molecule has 0 aliphatic carbocycles. The van der Waals surface area contributed by atoms with Gasteiger partial charge in [0.15, 0.2) is 0 Å². The molecule has 1 rings (SSSR count). The van der Waals surface area contributed by atoms with E-state index in [1.165, 1.54) is 0 Å². The summed E-state index contributed by atoms with van der Waals surface area (Å²) in [4.78, 5) is 11.9. The van der Waals surface area contributed by atoms with Crippen LogP contribution in [-0.4, -0.2) is 32.8 Å². The van der Waals surface area contributed by atoms with Gasteiger partial charge in [0, 0.05) is 13.7 Å². The smallest absolute Gasteiger partial charge is 0.237 e. The number of rotatable bonds is 7. The summed E-state index contributed by atoms with van der Waals surface area (Å²) in [6.07, 6.45) is 0.507. The van der Waals surface area contributed by atoms with Crippen LogP contribution in [0.4, 0.5) is 0 Å². The molecule has 0 spiro atoms. The van der Waals surface area contributed by atoms with Gasteiger partial charge in [-0.05, 0) is 31.0 Å². The summed E-state index contributed by atoms with van der Waals surface area (Å²) in [6, 6.07) is 6.92. The largest absolute Gasteiger partial charge is 0.497 e. The summed E-state index contributed by atoms with van der Waals surface area (Å²) in [7, 11) is 3.20. The average molecular weight is 266 g/mol. The fourth-order valence-corrected chi connectivity index (χ4v) is 1.69. The number of methoxy groups -OCH3 is 2. The van der Waals surface area contributed by atoms with Crippen LogP contribution in [-0.2, 0) is 9.53 Å². The van der Waals surface area contributed by atoms with Crippen molar-refractivity contribution in [1.29, 1.82) is 0 Å². The van der Waals surface area contributed by atoms with E-state index >= 15 is 0 Å². The highest BCUT2D eigenvalue weighted by molar-refractivity contribution is 5.81.